The molecule has 1 saturated carbocycles. The maximum atomic E-state index is 12.0. The molecule has 1 aromatic rings. The number of aromatic nitrogens is 1. The van der Waals surface area contributed by atoms with E-state index in [1.807, 2.05) is 12.3 Å². The zero-order valence-electron chi connectivity index (χ0n) is 11.1. The molecule has 0 radical (unpaired) electrons. The van der Waals surface area contributed by atoms with Crippen molar-refractivity contribution in [2.45, 2.75) is 44.7 Å². The van der Waals surface area contributed by atoms with E-state index in [0.717, 1.165) is 24.3 Å². The molecule has 3 N–H and O–H groups in total. The standard InChI is InChI=1S/C13H21N3O2S/c1-2-10(5-7-17)15-13(18)16-11(9-3-4-9)12-14-6-8-19-12/h6,8-11,17H,2-5,7H2,1H3,(H2,15,16,18). The van der Waals surface area contributed by atoms with Gasteiger partial charge in [0, 0.05) is 24.2 Å². The molecule has 19 heavy (non-hydrogen) atoms. The van der Waals surface area contributed by atoms with Crippen LogP contribution in [0.5, 0.6) is 0 Å². The average molecular weight is 283 g/mol. The minimum Gasteiger partial charge on any atom is -0.396 e. The summed E-state index contributed by atoms with van der Waals surface area (Å²) in [4.78, 5) is 16.3. The lowest BCUT2D eigenvalue weighted by Gasteiger charge is -2.20. The van der Waals surface area contributed by atoms with Gasteiger partial charge in [-0.15, -0.1) is 11.3 Å². The average Bonchev–Trinajstić information content (AvgIpc) is 3.10. The van der Waals surface area contributed by atoms with Crippen molar-refractivity contribution in [1.29, 1.82) is 0 Å². The molecule has 1 aliphatic carbocycles. The van der Waals surface area contributed by atoms with Crippen LogP contribution in [0.3, 0.4) is 0 Å². The van der Waals surface area contributed by atoms with Crippen LogP contribution in [-0.2, 0) is 0 Å². The van der Waals surface area contributed by atoms with E-state index in [2.05, 4.69) is 15.6 Å². The second-order valence-electron chi connectivity index (χ2n) is 4.92. The fourth-order valence-corrected chi connectivity index (χ4v) is 2.88. The normalized spacial score (nSPS) is 17.8. The van der Waals surface area contributed by atoms with Crippen LogP contribution in [0.4, 0.5) is 4.79 Å². The van der Waals surface area contributed by atoms with Crippen LogP contribution >= 0.6 is 11.3 Å². The van der Waals surface area contributed by atoms with Crippen LogP contribution in [0.2, 0.25) is 0 Å². The van der Waals surface area contributed by atoms with E-state index in [9.17, 15) is 4.79 Å². The van der Waals surface area contributed by atoms with Crippen molar-refractivity contribution in [2.24, 2.45) is 5.92 Å². The third-order valence-electron chi connectivity index (χ3n) is 3.40. The molecule has 5 nitrogen and oxygen atoms in total. The number of rotatable bonds is 7. The largest absolute Gasteiger partial charge is 0.396 e. The smallest absolute Gasteiger partial charge is 0.315 e. The molecule has 1 heterocycles. The van der Waals surface area contributed by atoms with Gasteiger partial charge in [-0.1, -0.05) is 6.92 Å². The fraction of sp³-hybridized carbons (Fsp3) is 0.692. The third-order valence-corrected chi connectivity index (χ3v) is 4.26. The molecule has 106 valence electrons. The number of thiazole rings is 1. The second kappa shape index (κ2) is 6.86. The Bertz CT molecular complexity index is 393. The van der Waals surface area contributed by atoms with Gasteiger partial charge >= 0.3 is 6.03 Å². The Morgan fingerprint density at radius 1 is 1.58 bits per heavy atom. The highest BCUT2D eigenvalue weighted by Gasteiger charge is 2.35. The lowest BCUT2D eigenvalue weighted by molar-refractivity contribution is 0.223. The number of carbonyl (C=O) groups excluding carboxylic acids is 1. The van der Waals surface area contributed by atoms with Gasteiger partial charge in [-0.3, -0.25) is 0 Å². The molecule has 2 amide bonds. The van der Waals surface area contributed by atoms with Gasteiger partial charge in [0.2, 0.25) is 0 Å². The quantitative estimate of drug-likeness (QED) is 0.717. The first kappa shape index (κ1) is 14.3. The predicted octanol–water partition coefficient (Wildman–Crippen LogP) is 2.05. The number of aliphatic hydroxyl groups excluding tert-OH is 1. The number of nitrogens with zero attached hydrogens (tertiary/aromatic N) is 1. The van der Waals surface area contributed by atoms with Crippen LogP contribution in [0.1, 0.15) is 43.7 Å². The Balaban J connectivity index is 1.88. The van der Waals surface area contributed by atoms with Crippen molar-refractivity contribution in [3.63, 3.8) is 0 Å². The number of amides is 2. The second-order valence-corrected chi connectivity index (χ2v) is 5.85. The topological polar surface area (TPSA) is 74.2 Å². The van der Waals surface area contributed by atoms with Crippen LogP contribution in [-0.4, -0.2) is 28.8 Å². The highest BCUT2D eigenvalue weighted by Crippen LogP contribution is 2.41. The molecule has 0 aliphatic heterocycles. The maximum Gasteiger partial charge on any atom is 0.315 e. The van der Waals surface area contributed by atoms with Crippen LogP contribution in [0.25, 0.3) is 0 Å². The summed E-state index contributed by atoms with van der Waals surface area (Å²) >= 11 is 1.58. The molecule has 6 heteroatoms. The molecule has 2 atom stereocenters. The summed E-state index contributed by atoms with van der Waals surface area (Å²) in [5, 5.41) is 17.8. The summed E-state index contributed by atoms with van der Waals surface area (Å²) in [6, 6.07) is -0.0971. The molecule has 2 unspecified atom stereocenters. The molecule has 0 spiro atoms. The van der Waals surface area contributed by atoms with Crippen molar-refractivity contribution < 1.29 is 9.90 Å². The predicted molar refractivity (Wildman–Crippen MR) is 75.0 cm³/mol. The first-order valence-corrected chi connectivity index (χ1v) is 7.69. The number of hydrogen-bond acceptors (Lipinski definition) is 4. The highest BCUT2D eigenvalue weighted by molar-refractivity contribution is 7.09. The fourth-order valence-electron chi connectivity index (χ4n) is 2.10. The molecule has 0 aromatic carbocycles. The molecule has 1 aromatic heterocycles. The summed E-state index contributed by atoms with van der Waals surface area (Å²) in [5.74, 6) is 0.523. The lowest BCUT2D eigenvalue weighted by atomic mass is 10.1. The number of carbonyl (C=O) groups is 1. The van der Waals surface area contributed by atoms with E-state index < -0.39 is 0 Å². The monoisotopic (exact) mass is 283 g/mol. The Morgan fingerprint density at radius 2 is 2.37 bits per heavy atom. The van der Waals surface area contributed by atoms with E-state index in [4.69, 9.17) is 5.11 Å². The Kier molecular flexibility index (Phi) is 5.15. The molecular formula is C13H21N3O2S. The van der Waals surface area contributed by atoms with Gasteiger partial charge < -0.3 is 15.7 Å². The summed E-state index contributed by atoms with van der Waals surface area (Å²) < 4.78 is 0. The number of nitrogens with one attached hydrogen (secondary N) is 2. The van der Waals surface area contributed by atoms with Gasteiger partial charge in [0.15, 0.2) is 0 Å². The Hall–Kier alpha value is -1.14. The van der Waals surface area contributed by atoms with Crippen LogP contribution in [0.15, 0.2) is 11.6 Å². The van der Waals surface area contributed by atoms with Gasteiger partial charge in [-0.25, -0.2) is 9.78 Å². The van der Waals surface area contributed by atoms with Crippen molar-refractivity contribution in [3.05, 3.63) is 16.6 Å². The summed E-state index contributed by atoms with van der Waals surface area (Å²) in [7, 11) is 0. The van der Waals surface area contributed by atoms with Crippen LogP contribution in [0, 0.1) is 5.92 Å². The van der Waals surface area contributed by atoms with E-state index in [0.29, 0.717) is 12.3 Å². The molecule has 1 aliphatic rings. The summed E-state index contributed by atoms with van der Waals surface area (Å²) in [6.07, 6.45) is 5.49. The Morgan fingerprint density at radius 3 is 2.89 bits per heavy atom. The van der Waals surface area contributed by atoms with Gasteiger partial charge in [-0.2, -0.15) is 0 Å². The highest BCUT2D eigenvalue weighted by atomic mass is 32.1. The maximum absolute atomic E-state index is 12.0. The van der Waals surface area contributed by atoms with E-state index in [1.54, 1.807) is 17.5 Å². The van der Waals surface area contributed by atoms with Gasteiger partial charge in [0.25, 0.3) is 0 Å². The minimum absolute atomic E-state index is 0.0288. The number of aliphatic hydroxyl groups is 1. The molecular weight excluding hydrogens is 262 g/mol. The zero-order chi connectivity index (χ0) is 13.7. The van der Waals surface area contributed by atoms with Crippen molar-refractivity contribution in [3.8, 4) is 0 Å². The Labute approximate surface area is 117 Å². The summed E-state index contributed by atoms with van der Waals surface area (Å²) in [6.45, 7) is 2.09. The third kappa shape index (κ3) is 4.18. The van der Waals surface area contributed by atoms with E-state index in [-0.39, 0.29) is 24.7 Å². The molecule has 0 bridgehead atoms. The number of urea groups is 1. The van der Waals surface area contributed by atoms with Crippen molar-refractivity contribution in [2.75, 3.05) is 6.61 Å². The van der Waals surface area contributed by atoms with Gasteiger partial charge in [0.1, 0.15) is 5.01 Å². The first-order valence-electron chi connectivity index (χ1n) is 6.81. The first-order chi connectivity index (χ1) is 9.24. The lowest BCUT2D eigenvalue weighted by Crippen LogP contribution is -2.44. The van der Waals surface area contributed by atoms with E-state index in [1.165, 1.54) is 0 Å². The van der Waals surface area contributed by atoms with Gasteiger partial charge in [-0.05, 0) is 31.6 Å². The zero-order valence-corrected chi connectivity index (χ0v) is 11.9. The molecule has 0 saturated heterocycles. The molecule has 2 rings (SSSR count). The van der Waals surface area contributed by atoms with Crippen molar-refractivity contribution in [1.82, 2.24) is 15.6 Å². The molecule has 1 fully saturated rings. The SMILES string of the molecule is CCC(CCO)NC(=O)NC(c1nccs1)C1CC1. The van der Waals surface area contributed by atoms with Crippen LogP contribution < -0.4 is 10.6 Å². The summed E-state index contributed by atoms with van der Waals surface area (Å²) in [5.41, 5.74) is 0. The minimum atomic E-state index is -0.160. The van der Waals surface area contributed by atoms with Gasteiger partial charge in [0.05, 0.1) is 6.04 Å². The van der Waals surface area contributed by atoms with E-state index >= 15 is 0 Å². The van der Waals surface area contributed by atoms with Crippen molar-refractivity contribution >= 4 is 17.4 Å². The number of hydrogen-bond donors (Lipinski definition) is 3.